The van der Waals surface area contributed by atoms with Gasteiger partial charge in [0.15, 0.2) is 46.5 Å². The Balaban J connectivity index is 0.000000533. The van der Waals surface area contributed by atoms with Gasteiger partial charge in [0.2, 0.25) is 0 Å². The molecule has 0 N–H and O–H groups in total. The Morgan fingerprint density at radius 2 is 0.398 bits per heavy atom. The smallest absolute Gasteiger partial charge is 0.545 e. The van der Waals surface area contributed by atoms with Gasteiger partial charge in [-0.3, -0.25) is 0 Å². The number of rotatable bonds is 12. The third-order valence-corrected chi connectivity index (χ3v) is 11.5. The van der Waals surface area contributed by atoms with Gasteiger partial charge in [0.05, 0.1) is 23.9 Å². The van der Waals surface area contributed by atoms with Crippen molar-refractivity contribution in [3.8, 4) is 0 Å². The van der Waals surface area contributed by atoms with Crippen molar-refractivity contribution in [3.63, 3.8) is 0 Å². The van der Waals surface area contributed by atoms with Gasteiger partial charge in [-0.25, -0.2) is 52.7 Å². The summed E-state index contributed by atoms with van der Waals surface area (Å²) in [6.45, 7) is 0. The molecule has 0 radical (unpaired) electrons. The minimum atomic E-state index is -1.88. The van der Waals surface area contributed by atoms with E-state index in [9.17, 15) is 92.3 Å². The summed E-state index contributed by atoms with van der Waals surface area (Å²) in [4.78, 5) is 48.7. The van der Waals surface area contributed by atoms with E-state index in [-0.39, 0.29) is 87.5 Å². The Kier molecular flexibility index (Phi) is 32.0. The van der Waals surface area contributed by atoms with Crippen LogP contribution in [-0.2, 0) is 51.8 Å². The fraction of sp³-hybridized carbons (Fsp3) is 0.161. The molecule has 0 heterocycles. The molecular weight excluding hydrogens is 1360 g/mol. The van der Waals surface area contributed by atoms with Crippen LogP contribution in [0.5, 0.6) is 0 Å². The normalized spacial score (nSPS) is 9.86. The Labute approximate surface area is 524 Å². The zero-order valence-corrected chi connectivity index (χ0v) is 51.0. The van der Waals surface area contributed by atoms with E-state index in [1.54, 1.807) is 0 Å². The minimum Gasteiger partial charge on any atom is -0.545 e. The molecule has 0 aliphatic carbocycles. The van der Waals surface area contributed by atoms with Crippen LogP contribution in [-0.4, -0.2) is 80.3 Å². The predicted octanol–water partition coefficient (Wildman–Crippen LogP) is 8.68. The van der Waals surface area contributed by atoms with Gasteiger partial charge in [0.1, 0.15) is 23.3 Å². The first kappa shape index (κ1) is 77.3. The van der Waals surface area contributed by atoms with Crippen molar-refractivity contribution in [2.24, 2.45) is 0 Å². The molecule has 0 aliphatic rings. The third-order valence-electron chi connectivity index (χ3n) is 11.5. The molecule has 0 spiro atoms. The Hall–Kier alpha value is -8.75. The molecule has 88 heavy (non-hydrogen) atoms. The van der Waals surface area contributed by atoms with Crippen LogP contribution in [0.2, 0.25) is 0 Å². The van der Waals surface area contributed by atoms with Gasteiger partial charge >= 0.3 is 39.0 Å². The zero-order valence-electron chi connectivity index (χ0n) is 47.6. The number of benzene rings is 8. The SMILES string of the molecule is CN(C)c1ccc(Cc2ccc(N(C)C)cc2)cc1.CN(C)c1ccc(Cc2ccc(N(C)C)cc2)cc1.O=C([O-])c1cc(F)c(F)cc1F.O=C([O-])c1cc(F)c(F)cc1F.O=C([O-])c1cc(F)c(F)cc1F.O=C([O-])c1cc(F)c(F)cc1F.[Ru+2].[Ru+2]. The summed E-state index contributed by atoms with van der Waals surface area (Å²) in [5.41, 5.74) is 6.40. The molecule has 0 fully saturated rings. The predicted molar refractivity (Wildman–Crippen MR) is 291 cm³/mol. The number of aromatic carboxylic acids is 4. The third kappa shape index (κ3) is 24.6. The van der Waals surface area contributed by atoms with Crippen molar-refractivity contribution in [1.82, 2.24) is 0 Å². The van der Waals surface area contributed by atoms with Crippen LogP contribution in [0.1, 0.15) is 63.7 Å². The van der Waals surface area contributed by atoms with Crippen LogP contribution in [0.15, 0.2) is 146 Å². The second-order valence-corrected chi connectivity index (χ2v) is 18.7. The monoisotopic (exact) mass is 1410 g/mol. The maximum absolute atomic E-state index is 12.5. The number of anilines is 4. The van der Waals surface area contributed by atoms with Crippen LogP contribution in [0, 0.1) is 69.8 Å². The number of carbonyl (C=O) groups excluding carboxylic acids is 4. The molecule has 0 bridgehead atoms. The van der Waals surface area contributed by atoms with Gasteiger partial charge in [-0.05, 0) is 108 Å². The van der Waals surface area contributed by atoms with E-state index in [4.69, 9.17) is 0 Å². The first-order chi connectivity index (χ1) is 40.2. The number of carboxylic acid groups (broad SMARTS) is 4. The van der Waals surface area contributed by atoms with Crippen molar-refractivity contribution in [2.75, 3.05) is 76.0 Å². The average molecular weight is 1410 g/mol. The van der Waals surface area contributed by atoms with Crippen LogP contribution in [0.25, 0.3) is 0 Å². The Morgan fingerprint density at radius 1 is 0.261 bits per heavy atom. The van der Waals surface area contributed by atoms with Gasteiger partial charge in [-0.2, -0.15) is 0 Å². The van der Waals surface area contributed by atoms with Crippen LogP contribution in [0.3, 0.4) is 0 Å². The van der Waals surface area contributed by atoms with E-state index >= 15 is 0 Å². The Bertz CT molecular complexity index is 3140. The summed E-state index contributed by atoms with van der Waals surface area (Å²) in [5.74, 6) is -24.4. The molecule has 0 unspecified atom stereocenters. The molecule has 0 aromatic heterocycles. The van der Waals surface area contributed by atoms with Gasteiger partial charge in [-0.15, -0.1) is 0 Å². The molecule has 468 valence electrons. The molecule has 0 saturated carbocycles. The van der Waals surface area contributed by atoms with Crippen molar-refractivity contribution in [1.29, 1.82) is 0 Å². The van der Waals surface area contributed by atoms with Crippen molar-refractivity contribution >= 4 is 46.6 Å². The van der Waals surface area contributed by atoms with Gasteiger partial charge in [0.25, 0.3) is 0 Å². The number of hydrogen-bond acceptors (Lipinski definition) is 12. The van der Waals surface area contributed by atoms with E-state index in [2.05, 4.69) is 173 Å². The van der Waals surface area contributed by atoms with E-state index in [1.807, 2.05) is 0 Å². The summed E-state index contributed by atoms with van der Waals surface area (Å²) >= 11 is 0. The van der Waals surface area contributed by atoms with E-state index in [0.717, 1.165) is 12.8 Å². The Morgan fingerprint density at radius 3 is 0.523 bits per heavy atom. The second-order valence-electron chi connectivity index (χ2n) is 18.7. The maximum Gasteiger partial charge on any atom is 2.00 e. The minimum absolute atomic E-state index is 0. The zero-order chi connectivity index (χ0) is 64.9. The fourth-order valence-corrected chi connectivity index (χ4v) is 6.84. The number of halogens is 12. The summed E-state index contributed by atoms with van der Waals surface area (Å²) in [6, 6.07) is 36.5. The van der Waals surface area contributed by atoms with Crippen molar-refractivity contribution in [2.45, 2.75) is 12.8 Å². The van der Waals surface area contributed by atoms with Crippen LogP contribution < -0.4 is 40.0 Å². The summed E-state index contributed by atoms with van der Waals surface area (Å²) in [5, 5.41) is 40.2. The number of carboxylic acids is 4. The number of nitrogens with zero attached hydrogens (tertiary/aromatic N) is 4. The number of carbonyl (C=O) groups is 4. The van der Waals surface area contributed by atoms with Crippen molar-refractivity contribution < 1.29 is 131 Å². The molecule has 12 nitrogen and oxygen atoms in total. The maximum atomic E-state index is 12.5. The average Bonchev–Trinajstić information content (AvgIpc) is 3.66. The molecule has 0 saturated heterocycles. The molecule has 26 heteroatoms. The van der Waals surface area contributed by atoms with E-state index in [0.29, 0.717) is 0 Å². The molecule has 0 aliphatic heterocycles. The second kappa shape index (κ2) is 36.4. The molecular formula is C62H52F12N4O8Ru2. The van der Waals surface area contributed by atoms with Gasteiger partial charge in [-0.1, -0.05) is 48.5 Å². The molecule has 8 rings (SSSR count). The first-order valence-electron chi connectivity index (χ1n) is 24.7. The van der Waals surface area contributed by atoms with Crippen LogP contribution >= 0.6 is 0 Å². The molecule has 0 amide bonds. The summed E-state index contributed by atoms with van der Waals surface area (Å²) < 4.78 is 148. The van der Waals surface area contributed by atoms with Gasteiger partial charge in [0, 0.05) is 126 Å². The van der Waals surface area contributed by atoms with Crippen LogP contribution in [0.4, 0.5) is 75.4 Å². The fourth-order valence-electron chi connectivity index (χ4n) is 6.84. The largest absolute Gasteiger partial charge is 2.00 e. The number of hydrogen-bond donors (Lipinski definition) is 0. The molecule has 8 aromatic carbocycles. The topological polar surface area (TPSA) is 173 Å². The molecule has 0 atom stereocenters. The van der Waals surface area contributed by atoms with Crippen molar-refractivity contribution in [3.05, 3.63) is 260 Å². The van der Waals surface area contributed by atoms with E-state index in [1.165, 1.54) is 45.0 Å². The van der Waals surface area contributed by atoms with Gasteiger partial charge < -0.3 is 59.2 Å². The standard InChI is InChI=1S/2C17H22N2.4C7H3F3O2.2Ru/c2*1-18(2)16-9-5-14(6-10-16)13-15-7-11-17(12-8-15)19(3)4;4*8-4-2-6(10)5(9)1-3(4)7(11)12;;/h2*5-12H,13H2,1-4H3;4*1-2H,(H,11,12);;/q;;;;;;2*+2/p-4. The quantitative estimate of drug-likeness (QED) is 0.0648. The summed E-state index contributed by atoms with van der Waals surface area (Å²) in [7, 11) is 16.5. The molecule has 8 aromatic rings. The first-order valence-corrected chi connectivity index (χ1v) is 24.7. The summed E-state index contributed by atoms with van der Waals surface area (Å²) in [6.07, 6.45) is 1.98. The van der Waals surface area contributed by atoms with E-state index < -0.39 is 116 Å².